The number of hydrogen-bond acceptors (Lipinski definition) is 7. The van der Waals surface area contributed by atoms with Crippen LogP contribution in [-0.2, 0) is 14.3 Å². The molecule has 126 valence electrons. The van der Waals surface area contributed by atoms with Gasteiger partial charge in [-0.25, -0.2) is 4.79 Å². The summed E-state index contributed by atoms with van der Waals surface area (Å²) in [4.78, 5) is 23.2. The van der Waals surface area contributed by atoms with Gasteiger partial charge in [0, 0.05) is 17.7 Å². The van der Waals surface area contributed by atoms with E-state index in [0.29, 0.717) is 17.1 Å². The summed E-state index contributed by atoms with van der Waals surface area (Å²) in [6.07, 6.45) is 4.02. The zero-order valence-electron chi connectivity index (χ0n) is 13.1. The minimum atomic E-state index is -0.671. The van der Waals surface area contributed by atoms with Crippen LogP contribution < -0.4 is 14.8 Å². The number of methoxy groups -OCH3 is 2. The van der Waals surface area contributed by atoms with Gasteiger partial charge in [0.15, 0.2) is 23.9 Å². The third kappa shape index (κ3) is 4.60. The van der Waals surface area contributed by atoms with Gasteiger partial charge in [-0.3, -0.25) is 4.79 Å². The van der Waals surface area contributed by atoms with E-state index in [1.165, 1.54) is 38.7 Å². The molecule has 0 radical (unpaired) electrons. The minimum Gasteiger partial charge on any atom is -0.493 e. The molecule has 0 aliphatic rings. The maximum Gasteiger partial charge on any atom is 0.331 e. The number of carbonyl (C=O) groups excluding carboxylic acids is 2. The molecule has 0 atom stereocenters. The number of aromatic nitrogens is 1. The summed E-state index contributed by atoms with van der Waals surface area (Å²) in [5.41, 5.74) is 0.640. The maximum absolute atomic E-state index is 11.7. The van der Waals surface area contributed by atoms with E-state index < -0.39 is 18.5 Å². The Morgan fingerprint density at radius 3 is 2.75 bits per heavy atom. The molecule has 0 fully saturated rings. The zero-order valence-corrected chi connectivity index (χ0v) is 13.1. The summed E-state index contributed by atoms with van der Waals surface area (Å²) in [5, 5.41) is 5.91. The smallest absolute Gasteiger partial charge is 0.331 e. The van der Waals surface area contributed by atoms with Gasteiger partial charge in [-0.1, -0.05) is 17.3 Å². The lowest BCUT2D eigenvalue weighted by Gasteiger charge is -2.09. The predicted molar refractivity (Wildman–Crippen MR) is 84.7 cm³/mol. The summed E-state index contributed by atoms with van der Waals surface area (Å²) in [5.74, 6) is 0.0836. The van der Waals surface area contributed by atoms with Gasteiger partial charge in [-0.05, 0) is 12.1 Å². The van der Waals surface area contributed by atoms with Crippen molar-refractivity contribution in [1.29, 1.82) is 0 Å². The average Bonchev–Trinajstić information content (AvgIpc) is 3.10. The molecule has 1 amide bonds. The Morgan fingerprint density at radius 1 is 1.25 bits per heavy atom. The number of anilines is 1. The summed E-state index contributed by atoms with van der Waals surface area (Å²) >= 11 is 0. The van der Waals surface area contributed by atoms with Gasteiger partial charge < -0.3 is 24.1 Å². The van der Waals surface area contributed by atoms with Gasteiger partial charge in [0.1, 0.15) is 6.26 Å². The number of ether oxygens (including phenoxy) is 3. The molecule has 24 heavy (non-hydrogen) atoms. The van der Waals surface area contributed by atoms with Crippen molar-refractivity contribution in [3.8, 4) is 11.5 Å². The van der Waals surface area contributed by atoms with E-state index in [1.807, 2.05) is 0 Å². The predicted octanol–water partition coefficient (Wildman–Crippen LogP) is 1.89. The van der Waals surface area contributed by atoms with Crippen LogP contribution in [0.2, 0.25) is 0 Å². The topological polar surface area (TPSA) is 99.9 Å². The van der Waals surface area contributed by atoms with Crippen molar-refractivity contribution in [3.05, 3.63) is 42.2 Å². The van der Waals surface area contributed by atoms with E-state index in [0.717, 1.165) is 0 Å². The van der Waals surface area contributed by atoms with E-state index in [1.54, 1.807) is 18.2 Å². The maximum atomic E-state index is 11.7. The Labute approximate surface area is 138 Å². The van der Waals surface area contributed by atoms with Crippen LogP contribution in [0.15, 0.2) is 41.1 Å². The van der Waals surface area contributed by atoms with Gasteiger partial charge >= 0.3 is 5.97 Å². The molecule has 8 heteroatoms. The van der Waals surface area contributed by atoms with Crippen molar-refractivity contribution < 1.29 is 28.3 Å². The number of nitrogens with zero attached hydrogens (tertiary/aromatic N) is 1. The van der Waals surface area contributed by atoms with Gasteiger partial charge in [-0.2, -0.15) is 0 Å². The molecule has 1 aromatic heterocycles. The third-order valence-electron chi connectivity index (χ3n) is 2.88. The van der Waals surface area contributed by atoms with Crippen molar-refractivity contribution in [2.24, 2.45) is 0 Å². The van der Waals surface area contributed by atoms with Gasteiger partial charge in [0.25, 0.3) is 5.91 Å². The van der Waals surface area contributed by atoms with Gasteiger partial charge in [0.05, 0.1) is 14.2 Å². The molecule has 0 aliphatic heterocycles. The van der Waals surface area contributed by atoms with Crippen LogP contribution in [0.5, 0.6) is 11.5 Å². The SMILES string of the molecule is COc1cccc(/C=C/C(=O)OCC(=O)Nc2ccon2)c1OC. The quantitative estimate of drug-likeness (QED) is 0.610. The standard InChI is InChI=1S/C16H16N2O6/c1-21-12-5-3-4-11(16(12)22-2)6-7-15(20)23-10-14(19)17-13-8-9-24-18-13/h3-9H,10H2,1-2H3,(H,17,18,19)/b7-6+. The molecule has 2 aromatic rings. The number of amides is 1. The van der Waals surface area contributed by atoms with E-state index in [2.05, 4.69) is 15.0 Å². The Kier molecular flexibility index (Phi) is 5.95. The highest BCUT2D eigenvalue weighted by atomic mass is 16.5. The lowest BCUT2D eigenvalue weighted by Crippen LogP contribution is -2.20. The van der Waals surface area contributed by atoms with Gasteiger partial charge in [-0.15, -0.1) is 0 Å². The third-order valence-corrected chi connectivity index (χ3v) is 2.88. The van der Waals surface area contributed by atoms with Crippen LogP contribution in [-0.4, -0.2) is 37.9 Å². The summed E-state index contributed by atoms with van der Waals surface area (Å²) in [6.45, 7) is -0.439. The highest BCUT2D eigenvalue weighted by Crippen LogP contribution is 2.31. The number of benzene rings is 1. The molecule has 0 aliphatic carbocycles. The Balaban J connectivity index is 1.90. The minimum absolute atomic E-state index is 0.243. The van der Waals surface area contributed by atoms with Gasteiger partial charge in [0.2, 0.25) is 0 Å². The van der Waals surface area contributed by atoms with E-state index in [4.69, 9.17) is 14.2 Å². The fourth-order valence-electron chi connectivity index (χ4n) is 1.84. The van der Waals surface area contributed by atoms with Crippen LogP contribution in [0.25, 0.3) is 6.08 Å². The average molecular weight is 332 g/mol. The fourth-order valence-corrected chi connectivity index (χ4v) is 1.84. The largest absolute Gasteiger partial charge is 0.493 e. The highest BCUT2D eigenvalue weighted by molar-refractivity contribution is 5.94. The Bertz CT molecular complexity index is 724. The van der Waals surface area contributed by atoms with E-state index in [9.17, 15) is 9.59 Å². The monoisotopic (exact) mass is 332 g/mol. The van der Waals surface area contributed by atoms with Crippen molar-refractivity contribution in [2.75, 3.05) is 26.1 Å². The number of para-hydroxylation sites is 1. The summed E-state index contributed by atoms with van der Waals surface area (Å²) in [6, 6.07) is 6.72. The van der Waals surface area contributed by atoms with Crippen LogP contribution in [0, 0.1) is 0 Å². The normalized spacial score (nSPS) is 10.4. The zero-order chi connectivity index (χ0) is 17.4. The number of carbonyl (C=O) groups is 2. The molecule has 0 unspecified atom stereocenters. The van der Waals surface area contributed by atoms with Crippen molar-refractivity contribution in [1.82, 2.24) is 5.16 Å². The second-order valence-corrected chi connectivity index (χ2v) is 4.46. The number of rotatable bonds is 7. The van der Waals surface area contributed by atoms with Crippen molar-refractivity contribution >= 4 is 23.8 Å². The molecule has 1 aromatic carbocycles. The molecule has 0 saturated carbocycles. The lowest BCUT2D eigenvalue weighted by atomic mass is 10.1. The number of esters is 1. The lowest BCUT2D eigenvalue weighted by molar-refractivity contribution is -0.142. The second-order valence-electron chi connectivity index (χ2n) is 4.46. The summed E-state index contributed by atoms with van der Waals surface area (Å²) in [7, 11) is 3.02. The fraction of sp³-hybridized carbons (Fsp3) is 0.188. The second kappa shape index (κ2) is 8.37. The molecule has 2 rings (SSSR count). The first-order valence-electron chi connectivity index (χ1n) is 6.90. The molecule has 0 saturated heterocycles. The molecule has 1 heterocycles. The molecule has 0 bridgehead atoms. The first-order chi connectivity index (χ1) is 11.6. The first-order valence-corrected chi connectivity index (χ1v) is 6.90. The van der Waals surface area contributed by atoms with Crippen molar-refractivity contribution in [3.63, 3.8) is 0 Å². The van der Waals surface area contributed by atoms with Crippen molar-refractivity contribution in [2.45, 2.75) is 0 Å². The number of nitrogens with one attached hydrogen (secondary N) is 1. The molecule has 1 N–H and O–H groups in total. The van der Waals surface area contributed by atoms with Crippen LogP contribution >= 0.6 is 0 Å². The first kappa shape index (κ1) is 17.1. The van der Waals surface area contributed by atoms with Crippen LogP contribution in [0.3, 0.4) is 0 Å². The Morgan fingerprint density at radius 2 is 2.08 bits per heavy atom. The number of hydrogen-bond donors (Lipinski definition) is 1. The molecular formula is C16H16N2O6. The molecule has 8 nitrogen and oxygen atoms in total. The molecular weight excluding hydrogens is 316 g/mol. The van der Waals surface area contributed by atoms with E-state index in [-0.39, 0.29) is 5.82 Å². The summed E-state index contributed by atoms with van der Waals surface area (Å²) < 4.78 is 19.8. The van der Waals surface area contributed by atoms with Crippen LogP contribution in [0.4, 0.5) is 5.82 Å². The highest BCUT2D eigenvalue weighted by Gasteiger charge is 2.09. The van der Waals surface area contributed by atoms with Crippen LogP contribution in [0.1, 0.15) is 5.56 Å². The molecule has 0 spiro atoms. The Hall–Kier alpha value is -3.29. The van der Waals surface area contributed by atoms with E-state index >= 15 is 0 Å².